The summed E-state index contributed by atoms with van der Waals surface area (Å²) in [5, 5.41) is 9.46. The zero-order valence-corrected chi connectivity index (χ0v) is 16.9. The molecule has 0 atom stereocenters. The maximum atomic E-state index is 13.3. The van der Waals surface area contributed by atoms with E-state index in [9.17, 15) is 26.7 Å². The lowest BCUT2D eigenvalue weighted by Crippen LogP contribution is -2.22. The van der Waals surface area contributed by atoms with E-state index in [-0.39, 0.29) is 12.1 Å². The molecule has 4 nitrogen and oxygen atoms in total. The summed E-state index contributed by atoms with van der Waals surface area (Å²) in [6.45, 7) is -0.0455. The molecule has 0 aliphatic heterocycles. The molecule has 0 spiro atoms. The zero-order chi connectivity index (χ0) is 23.6. The van der Waals surface area contributed by atoms with Crippen molar-refractivity contribution >= 4 is 5.91 Å². The van der Waals surface area contributed by atoms with Gasteiger partial charge in [0.15, 0.2) is 0 Å². The molecule has 0 radical (unpaired) electrons. The summed E-state index contributed by atoms with van der Waals surface area (Å²) in [6.07, 6.45) is -4.45. The minimum absolute atomic E-state index is 0.0455. The van der Waals surface area contributed by atoms with Crippen molar-refractivity contribution in [2.75, 3.05) is 0 Å². The molecule has 1 aromatic heterocycles. The summed E-state index contributed by atoms with van der Waals surface area (Å²) < 4.78 is 65.4. The Hall–Kier alpha value is -4.01. The first-order valence-corrected chi connectivity index (χ1v) is 9.76. The lowest BCUT2D eigenvalue weighted by Gasteiger charge is -2.07. The topological polar surface area (TPSA) is 57.8 Å². The Morgan fingerprint density at radius 3 is 2.24 bits per heavy atom. The predicted molar refractivity (Wildman–Crippen MR) is 112 cm³/mol. The van der Waals surface area contributed by atoms with Crippen molar-refractivity contribution < 1.29 is 26.7 Å². The Labute approximate surface area is 185 Å². The van der Waals surface area contributed by atoms with Gasteiger partial charge in [0.1, 0.15) is 11.6 Å². The fourth-order valence-electron chi connectivity index (χ4n) is 3.27. The van der Waals surface area contributed by atoms with E-state index in [0.29, 0.717) is 28.1 Å². The van der Waals surface area contributed by atoms with E-state index >= 15 is 0 Å². The summed E-state index contributed by atoms with van der Waals surface area (Å²) in [5.74, 6) is -1.89. The molecule has 2 N–H and O–H groups in total. The summed E-state index contributed by atoms with van der Waals surface area (Å²) >= 11 is 0. The quantitative estimate of drug-likeness (QED) is 0.363. The number of hydrogen-bond acceptors (Lipinski definition) is 2. The largest absolute Gasteiger partial charge is 0.416 e. The molecule has 0 fully saturated rings. The van der Waals surface area contributed by atoms with E-state index in [4.69, 9.17) is 0 Å². The molecule has 9 heteroatoms. The van der Waals surface area contributed by atoms with Crippen LogP contribution in [0.5, 0.6) is 0 Å². The molecule has 0 unspecified atom stereocenters. The third kappa shape index (κ3) is 5.25. The maximum absolute atomic E-state index is 13.3. The van der Waals surface area contributed by atoms with Gasteiger partial charge in [-0.1, -0.05) is 24.3 Å². The first-order valence-electron chi connectivity index (χ1n) is 9.76. The molecular weight excluding hydrogens is 441 g/mol. The number of hydrogen-bond donors (Lipinski definition) is 2. The SMILES string of the molecule is O=C(NCc1cc(F)cc(F)c1)c1ccc(-c2cc(-c3cccc(C(F)(F)F)c3)n[nH]2)cc1. The summed E-state index contributed by atoms with van der Waals surface area (Å²) in [4.78, 5) is 12.3. The number of carbonyl (C=O) groups excluding carboxylic acids is 1. The number of nitrogens with zero attached hydrogens (tertiary/aromatic N) is 1. The number of aromatic nitrogens is 2. The molecule has 168 valence electrons. The van der Waals surface area contributed by atoms with E-state index in [0.717, 1.165) is 30.3 Å². The van der Waals surface area contributed by atoms with Crippen LogP contribution in [0.25, 0.3) is 22.5 Å². The summed E-state index contributed by atoms with van der Waals surface area (Å²) in [5.41, 5.74) is 1.75. The minimum atomic E-state index is -4.45. The van der Waals surface area contributed by atoms with Crippen LogP contribution >= 0.6 is 0 Å². The van der Waals surface area contributed by atoms with Gasteiger partial charge in [0, 0.05) is 23.7 Å². The number of carbonyl (C=O) groups is 1. The number of nitrogens with one attached hydrogen (secondary N) is 2. The smallest absolute Gasteiger partial charge is 0.348 e. The normalized spacial score (nSPS) is 11.4. The first-order chi connectivity index (χ1) is 15.7. The molecule has 3 aromatic carbocycles. The van der Waals surface area contributed by atoms with Gasteiger partial charge in [-0.15, -0.1) is 0 Å². The van der Waals surface area contributed by atoms with Crippen molar-refractivity contribution in [3.63, 3.8) is 0 Å². The highest BCUT2D eigenvalue weighted by atomic mass is 19.4. The molecule has 0 bridgehead atoms. The highest BCUT2D eigenvalue weighted by Gasteiger charge is 2.30. The fourth-order valence-corrected chi connectivity index (χ4v) is 3.27. The number of alkyl halides is 3. The van der Waals surface area contributed by atoms with E-state index < -0.39 is 29.3 Å². The van der Waals surface area contributed by atoms with Crippen LogP contribution < -0.4 is 5.32 Å². The first kappa shape index (κ1) is 22.2. The van der Waals surface area contributed by atoms with Crippen molar-refractivity contribution in [1.29, 1.82) is 0 Å². The third-order valence-electron chi connectivity index (χ3n) is 4.90. The Balaban J connectivity index is 1.45. The molecule has 4 rings (SSSR count). The number of rotatable bonds is 5. The van der Waals surface area contributed by atoms with Gasteiger partial charge in [-0.2, -0.15) is 18.3 Å². The molecule has 0 saturated carbocycles. The number of H-pyrrole nitrogens is 1. The van der Waals surface area contributed by atoms with Crippen molar-refractivity contribution in [3.8, 4) is 22.5 Å². The summed E-state index contributed by atoms with van der Waals surface area (Å²) in [7, 11) is 0. The van der Waals surface area contributed by atoms with Gasteiger partial charge in [-0.25, -0.2) is 8.78 Å². The standard InChI is InChI=1S/C24H16F5N3O/c25-19-8-14(9-20(26)11-19)13-30-23(33)16-6-4-15(5-7-16)21-12-22(32-31-21)17-2-1-3-18(10-17)24(27,28)29/h1-12H,13H2,(H,30,33)(H,31,32). The van der Waals surface area contributed by atoms with E-state index in [1.54, 1.807) is 30.3 Å². The molecule has 4 aromatic rings. The van der Waals surface area contributed by atoms with Crippen LogP contribution in [0.15, 0.2) is 72.8 Å². The van der Waals surface area contributed by atoms with Gasteiger partial charge in [0.25, 0.3) is 5.91 Å². The number of amides is 1. The second kappa shape index (κ2) is 8.85. The number of benzene rings is 3. The lowest BCUT2D eigenvalue weighted by atomic mass is 10.1. The van der Waals surface area contributed by atoms with Crippen LogP contribution in [0.2, 0.25) is 0 Å². The third-order valence-corrected chi connectivity index (χ3v) is 4.90. The average molecular weight is 457 g/mol. The van der Waals surface area contributed by atoms with Crippen LogP contribution in [0, 0.1) is 11.6 Å². The van der Waals surface area contributed by atoms with Crippen LogP contribution in [0.1, 0.15) is 21.5 Å². The van der Waals surface area contributed by atoms with Crippen LogP contribution in [0.3, 0.4) is 0 Å². The molecule has 0 aliphatic rings. The molecule has 1 amide bonds. The van der Waals surface area contributed by atoms with Gasteiger partial charge < -0.3 is 5.32 Å². The van der Waals surface area contributed by atoms with Gasteiger partial charge in [0.05, 0.1) is 17.0 Å². The molecule has 0 saturated heterocycles. The van der Waals surface area contributed by atoms with Gasteiger partial charge in [-0.3, -0.25) is 9.89 Å². The van der Waals surface area contributed by atoms with Crippen molar-refractivity contribution in [3.05, 3.63) is 101 Å². The van der Waals surface area contributed by atoms with Crippen LogP contribution in [-0.4, -0.2) is 16.1 Å². The monoisotopic (exact) mass is 457 g/mol. The number of aromatic amines is 1. The Morgan fingerprint density at radius 2 is 1.58 bits per heavy atom. The predicted octanol–water partition coefficient (Wildman–Crippen LogP) is 5.97. The Kier molecular flexibility index (Phi) is 5.95. The van der Waals surface area contributed by atoms with Crippen LogP contribution in [0.4, 0.5) is 22.0 Å². The van der Waals surface area contributed by atoms with Gasteiger partial charge in [0.2, 0.25) is 0 Å². The minimum Gasteiger partial charge on any atom is -0.348 e. The molecule has 33 heavy (non-hydrogen) atoms. The average Bonchev–Trinajstić information content (AvgIpc) is 3.27. The number of halogens is 5. The second-order valence-electron chi connectivity index (χ2n) is 7.28. The molecule has 0 aliphatic carbocycles. The van der Waals surface area contributed by atoms with Crippen molar-refractivity contribution in [2.24, 2.45) is 0 Å². The Morgan fingerprint density at radius 1 is 0.879 bits per heavy atom. The Bertz CT molecular complexity index is 1280. The molecule has 1 heterocycles. The second-order valence-corrected chi connectivity index (χ2v) is 7.28. The maximum Gasteiger partial charge on any atom is 0.416 e. The highest BCUT2D eigenvalue weighted by molar-refractivity contribution is 5.94. The zero-order valence-electron chi connectivity index (χ0n) is 16.9. The van der Waals surface area contributed by atoms with Crippen molar-refractivity contribution in [2.45, 2.75) is 12.7 Å². The van der Waals surface area contributed by atoms with E-state index in [2.05, 4.69) is 15.5 Å². The lowest BCUT2D eigenvalue weighted by molar-refractivity contribution is -0.137. The highest BCUT2D eigenvalue weighted by Crippen LogP contribution is 2.32. The van der Waals surface area contributed by atoms with E-state index in [1.807, 2.05) is 0 Å². The van der Waals surface area contributed by atoms with Crippen LogP contribution in [-0.2, 0) is 12.7 Å². The van der Waals surface area contributed by atoms with Gasteiger partial charge in [-0.05, 0) is 53.6 Å². The summed E-state index contributed by atoms with van der Waals surface area (Å²) in [6, 6.07) is 15.9. The van der Waals surface area contributed by atoms with Crippen molar-refractivity contribution in [1.82, 2.24) is 15.5 Å². The van der Waals surface area contributed by atoms with E-state index in [1.165, 1.54) is 12.1 Å². The molecular formula is C24H16F5N3O. The fraction of sp³-hybridized carbons (Fsp3) is 0.0833. The van der Waals surface area contributed by atoms with Gasteiger partial charge >= 0.3 is 6.18 Å².